The molecule has 0 aliphatic carbocycles. The number of rotatable bonds is 3. The molecular weight excluding hydrogens is 256 g/mol. The van der Waals surface area contributed by atoms with Crippen LogP contribution in [0.15, 0.2) is 60.8 Å². The topological polar surface area (TPSA) is 24.9 Å². The van der Waals surface area contributed by atoms with Gasteiger partial charge in [-0.15, -0.1) is 0 Å². The Labute approximate surface area is 117 Å². The van der Waals surface area contributed by atoms with Crippen molar-refractivity contribution >= 4 is 28.4 Å². The Hall–Kier alpha value is -2.06. The number of hydrogen-bond acceptors (Lipinski definition) is 2. The molecule has 0 spiro atoms. The number of pyridine rings is 1. The average Bonchev–Trinajstić information content (AvgIpc) is 2.48. The summed E-state index contributed by atoms with van der Waals surface area (Å²) in [6.45, 7) is 0. The van der Waals surface area contributed by atoms with E-state index in [4.69, 9.17) is 11.8 Å². The van der Waals surface area contributed by atoms with E-state index in [0.29, 0.717) is 0 Å². The number of para-hydroxylation sites is 1. The fraction of sp³-hybridized carbons (Fsp3) is 0.0625. The molecule has 1 heterocycles. The Balaban J connectivity index is 1.87. The van der Waals surface area contributed by atoms with Crippen LogP contribution in [0.5, 0.6) is 0 Å². The van der Waals surface area contributed by atoms with E-state index in [1.807, 2.05) is 36.5 Å². The fourth-order valence-electron chi connectivity index (χ4n) is 2.13. The normalized spacial score (nSPS) is 10.6. The van der Waals surface area contributed by atoms with Crippen molar-refractivity contribution in [1.82, 2.24) is 4.98 Å². The Morgan fingerprint density at radius 2 is 1.74 bits per heavy atom. The van der Waals surface area contributed by atoms with Crippen LogP contribution < -0.4 is 4.84 Å². The van der Waals surface area contributed by atoms with Crippen LogP contribution in [0.25, 0.3) is 10.9 Å². The first-order chi connectivity index (χ1) is 9.35. The van der Waals surface area contributed by atoms with Crippen molar-refractivity contribution in [3.05, 3.63) is 71.9 Å². The van der Waals surface area contributed by atoms with Gasteiger partial charge in [0.25, 0.3) is 0 Å². The van der Waals surface area contributed by atoms with Crippen LogP contribution >= 0.6 is 11.8 Å². The summed E-state index contributed by atoms with van der Waals surface area (Å²) in [4.78, 5) is 7.08. The lowest BCUT2D eigenvalue weighted by molar-refractivity contribution is 1.17. The summed E-state index contributed by atoms with van der Waals surface area (Å²) in [5.41, 5.74) is 4.40. The first-order valence-corrected chi connectivity index (χ1v) is 6.52. The number of halogens is 1. The fourth-order valence-corrected chi connectivity index (χ4v) is 2.26. The summed E-state index contributed by atoms with van der Waals surface area (Å²) in [5.74, 6) is 0. The second-order valence-electron chi connectivity index (χ2n) is 4.50. The summed E-state index contributed by atoms with van der Waals surface area (Å²) in [6.07, 6.45) is 2.82. The quantitative estimate of drug-likeness (QED) is 0.713. The monoisotopic (exact) mass is 268 g/mol. The molecule has 0 atom stereocenters. The maximum atomic E-state index is 5.54. The van der Waals surface area contributed by atoms with Crippen molar-refractivity contribution in [3.8, 4) is 0 Å². The van der Waals surface area contributed by atoms with E-state index >= 15 is 0 Å². The second kappa shape index (κ2) is 5.29. The van der Waals surface area contributed by atoms with Gasteiger partial charge in [-0.2, -0.15) is 0 Å². The molecular formula is C16H13ClN2. The van der Waals surface area contributed by atoms with Gasteiger partial charge in [0.1, 0.15) is 0 Å². The maximum Gasteiger partial charge on any atom is 0.0702 e. The highest BCUT2D eigenvalue weighted by Gasteiger charge is 2.00. The number of hydrogen-bond donors (Lipinski definition) is 1. The van der Waals surface area contributed by atoms with Gasteiger partial charge in [0.05, 0.1) is 5.52 Å². The summed E-state index contributed by atoms with van der Waals surface area (Å²) in [7, 11) is 0. The molecule has 0 unspecified atom stereocenters. The van der Waals surface area contributed by atoms with E-state index < -0.39 is 0 Å². The first-order valence-electron chi connectivity index (χ1n) is 6.14. The van der Waals surface area contributed by atoms with Crippen LogP contribution in [0.3, 0.4) is 0 Å². The van der Waals surface area contributed by atoms with Crippen LogP contribution in [0.1, 0.15) is 11.1 Å². The lowest BCUT2D eigenvalue weighted by Crippen LogP contribution is -1.90. The number of anilines is 1. The van der Waals surface area contributed by atoms with Crippen LogP contribution in [0.4, 0.5) is 5.69 Å². The molecule has 0 fully saturated rings. The Morgan fingerprint density at radius 1 is 0.947 bits per heavy atom. The van der Waals surface area contributed by atoms with Gasteiger partial charge in [0.2, 0.25) is 0 Å². The van der Waals surface area contributed by atoms with E-state index in [-0.39, 0.29) is 0 Å². The maximum absolute atomic E-state index is 5.54. The number of aromatic nitrogens is 1. The molecule has 1 N–H and O–H groups in total. The SMILES string of the molecule is ClNc1ccc(Cc2cnc3ccccc3c2)cc1. The van der Waals surface area contributed by atoms with Crippen LogP contribution in [-0.2, 0) is 6.42 Å². The highest BCUT2D eigenvalue weighted by atomic mass is 35.5. The van der Waals surface area contributed by atoms with E-state index in [2.05, 4.69) is 34.1 Å². The third kappa shape index (κ3) is 2.69. The van der Waals surface area contributed by atoms with Gasteiger partial charge in [-0.25, -0.2) is 0 Å². The predicted octanol–water partition coefficient (Wildman–Crippen LogP) is 4.39. The van der Waals surface area contributed by atoms with Gasteiger partial charge in [-0.05, 0) is 41.8 Å². The third-order valence-electron chi connectivity index (χ3n) is 3.12. The summed E-state index contributed by atoms with van der Waals surface area (Å²) < 4.78 is 0. The molecule has 19 heavy (non-hydrogen) atoms. The number of fused-ring (bicyclic) bond motifs is 1. The van der Waals surface area contributed by atoms with E-state index in [9.17, 15) is 0 Å². The van der Waals surface area contributed by atoms with Crippen LogP contribution in [-0.4, -0.2) is 4.98 Å². The van der Waals surface area contributed by atoms with E-state index in [1.54, 1.807) is 0 Å². The van der Waals surface area contributed by atoms with Gasteiger partial charge in [0.15, 0.2) is 0 Å². The Kier molecular flexibility index (Phi) is 3.34. The van der Waals surface area contributed by atoms with Gasteiger partial charge in [0, 0.05) is 29.0 Å². The van der Waals surface area contributed by atoms with Gasteiger partial charge >= 0.3 is 0 Å². The zero-order valence-corrected chi connectivity index (χ0v) is 11.1. The molecule has 3 aromatic rings. The van der Waals surface area contributed by atoms with Crippen molar-refractivity contribution in [1.29, 1.82) is 0 Å². The lowest BCUT2D eigenvalue weighted by Gasteiger charge is -2.04. The minimum absolute atomic E-state index is 0.875. The van der Waals surface area contributed by atoms with E-state index in [0.717, 1.165) is 17.6 Å². The molecule has 3 rings (SSSR count). The van der Waals surface area contributed by atoms with Gasteiger partial charge < -0.3 is 0 Å². The van der Waals surface area contributed by atoms with Crippen molar-refractivity contribution in [2.75, 3.05) is 4.84 Å². The number of nitrogens with zero attached hydrogens (tertiary/aromatic N) is 1. The van der Waals surface area contributed by atoms with Crippen molar-refractivity contribution in [3.63, 3.8) is 0 Å². The standard InChI is InChI=1S/C16H13ClN2/c17-19-15-7-5-12(6-8-15)9-13-10-14-3-1-2-4-16(14)18-11-13/h1-8,10-11,19H,9H2. The van der Waals surface area contributed by atoms with Crippen LogP contribution in [0, 0.1) is 0 Å². The van der Waals surface area contributed by atoms with Crippen molar-refractivity contribution in [2.45, 2.75) is 6.42 Å². The molecule has 0 radical (unpaired) electrons. The van der Waals surface area contributed by atoms with Crippen molar-refractivity contribution in [2.24, 2.45) is 0 Å². The molecule has 0 aliphatic rings. The summed E-state index contributed by atoms with van der Waals surface area (Å²) in [6, 6.07) is 18.4. The summed E-state index contributed by atoms with van der Waals surface area (Å²) >= 11 is 5.54. The molecule has 94 valence electrons. The van der Waals surface area contributed by atoms with Crippen molar-refractivity contribution < 1.29 is 0 Å². The van der Waals surface area contributed by atoms with Crippen LogP contribution in [0.2, 0.25) is 0 Å². The molecule has 0 bridgehead atoms. The molecule has 2 aromatic carbocycles. The molecule has 3 heteroatoms. The molecule has 0 saturated carbocycles. The molecule has 2 nitrogen and oxygen atoms in total. The lowest BCUT2D eigenvalue weighted by atomic mass is 10.0. The smallest absolute Gasteiger partial charge is 0.0702 e. The second-order valence-corrected chi connectivity index (χ2v) is 4.69. The third-order valence-corrected chi connectivity index (χ3v) is 3.34. The predicted molar refractivity (Wildman–Crippen MR) is 80.5 cm³/mol. The first kappa shape index (κ1) is 12.0. The van der Waals surface area contributed by atoms with Gasteiger partial charge in [-0.3, -0.25) is 9.82 Å². The zero-order valence-electron chi connectivity index (χ0n) is 10.3. The van der Waals surface area contributed by atoms with E-state index in [1.165, 1.54) is 16.5 Å². The highest BCUT2D eigenvalue weighted by Crippen LogP contribution is 2.17. The molecule has 0 aliphatic heterocycles. The zero-order chi connectivity index (χ0) is 13.1. The Bertz CT molecular complexity index is 692. The summed E-state index contributed by atoms with van der Waals surface area (Å²) in [5, 5.41) is 1.18. The highest BCUT2D eigenvalue weighted by molar-refractivity contribution is 6.23. The largest absolute Gasteiger partial charge is 0.299 e. The molecule has 0 saturated heterocycles. The molecule has 0 amide bonds. The average molecular weight is 269 g/mol. The minimum Gasteiger partial charge on any atom is -0.299 e. The minimum atomic E-state index is 0.875. The Morgan fingerprint density at radius 3 is 2.53 bits per heavy atom. The molecule has 1 aromatic heterocycles. The number of benzene rings is 2. The number of nitrogens with one attached hydrogen (secondary N) is 1. The van der Waals surface area contributed by atoms with Gasteiger partial charge in [-0.1, -0.05) is 30.3 Å².